The lowest BCUT2D eigenvalue weighted by atomic mass is 10.3. The number of oxazole rings is 1. The third-order valence-corrected chi connectivity index (χ3v) is 2.28. The fourth-order valence-electron chi connectivity index (χ4n) is 0.841. The molecule has 1 aromatic rings. The van der Waals surface area contributed by atoms with Gasteiger partial charge >= 0.3 is 0 Å². The monoisotopic (exact) mass is 169 g/mol. The Hall–Kier alpha value is -0.700. The van der Waals surface area contributed by atoms with E-state index in [1.54, 1.807) is 24.2 Å². The highest BCUT2D eigenvalue weighted by Crippen LogP contribution is 2.26. The van der Waals surface area contributed by atoms with E-state index in [2.05, 4.69) is 18.8 Å². The quantitative estimate of drug-likeness (QED) is 0.681. The van der Waals surface area contributed by atoms with E-state index in [-0.39, 0.29) is 0 Å². The van der Waals surface area contributed by atoms with Gasteiger partial charge in [-0.3, -0.25) is 0 Å². The minimum Gasteiger partial charge on any atom is -0.444 e. The first kappa shape index (κ1) is 8.40. The number of nitrogens with zero attached hydrogens (tertiary/aromatic N) is 1. The molecule has 0 amide bonds. The first-order valence-corrected chi connectivity index (χ1v) is 4.59. The lowest BCUT2D eigenvalue weighted by Gasteiger charge is -1.99. The Bertz CT molecular complexity index is 247. The average Bonchev–Trinajstić information content (AvgIpc) is 2.40. The lowest BCUT2D eigenvalue weighted by molar-refractivity contribution is 0.544. The Kier molecular flexibility index (Phi) is 2.76. The Labute approximate surface area is 70.7 Å². The number of hydrogen-bond acceptors (Lipinski definition) is 3. The van der Waals surface area contributed by atoms with Gasteiger partial charge in [-0.2, -0.15) is 0 Å². The predicted octanol–water partition coefficient (Wildman–Crippen LogP) is 2.79. The maximum absolute atomic E-state index is 5.16. The van der Waals surface area contributed by atoms with E-state index in [0.29, 0.717) is 0 Å². The summed E-state index contributed by atoms with van der Waals surface area (Å²) in [5.41, 5.74) is 1.24. The molecule has 11 heavy (non-hydrogen) atoms. The highest BCUT2D eigenvalue weighted by molar-refractivity contribution is 8.07. The van der Waals surface area contributed by atoms with E-state index in [0.717, 1.165) is 10.8 Å². The van der Waals surface area contributed by atoms with Crippen molar-refractivity contribution < 1.29 is 4.42 Å². The van der Waals surface area contributed by atoms with Gasteiger partial charge in [0.2, 0.25) is 5.89 Å². The molecule has 60 valence electrons. The van der Waals surface area contributed by atoms with Gasteiger partial charge in [0.05, 0.1) is 11.1 Å². The number of aromatic nitrogens is 1. The molecule has 0 saturated heterocycles. The number of hydrogen-bond donors (Lipinski definition) is 0. The van der Waals surface area contributed by atoms with Gasteiger partial charge in [0, 0.05) is 0 Å². The van der Waals surface area contributed by atoms with Gasteiger partial charge in [-0.25, -0.2) is 4.98 Å². The number of allylic oxidation sites excluding steroid dienone is 1. The molecule has 0 aliphatic heterocycles. The van der Waals surface area contributed by atoms with Crippen LogP contribution in [0.3, 0.4) is 0 Å². The van der Waals surface area contributed by atoms with Crippen molar-refractivity contribution in [2.45, 2.75) is 13.8 Å². The largest absolute Gasteiger partial charge is 0.444 e. The summed E-state index contributed by atoms with van der Waals surface area (Å²) in [7, 11) is 0. The molecule has 1 rings (SSSR count). The van der Waals surface area contributed by atoms with Crippen LogP contribution in [0, 0.1) is 0 Å². The standard InChI is InChI=1S/C8H11NOS/c1-6(2)7(11-3)8-9-4-5-10-8/h4-5H,1-3H3. The Balaban J connectivity index is 2.99. The van der Waals surface area contributed by atoms with Crippen LogP contribution in [0.25, 0.3) is 4.91 Å². The SMILES string of the molecule is CSC(=C(C)C)c1ncco1. The first-order valence-electron chi connectivity index (χ1n) is 3.37. The van der Waals surface area contributed by atoms with Crippen LogP contribution in [0.5, 0.6) is 0 Å². The molecule has 0 aromatic carbocycles. The summed E-state index contributed by atoms with van der Waals surface area (Å²) >= 11 is 1.66. The zero-order valence-corrected chi connectivity index (χ0v) is 7.73. The summed E-state index contributed by atoms with van der Waals surface area (Å²) < 4.78 is 5.16. The molecular formula is C8H11NOS. The molecule has 0 aliphatic rings. The summed E-state index contributed by atoms with van der Waals surface area (Å²) in [4.78, 5) is 5.18. The predicted molar refractivity (Wildman–Crippen MR) is 48.3 cm³/mol. The molecule has 0 aliphatic carbocycles. The molecule has 3 heteroatoms. The van der Waals surface area contributed by atoms with E-state index in [4.69, 9.17) is 4.42 Å². The lowest BCUT2D eigenvalue weighted by Crippen LogP contribution is -1.80. The van der Waals surface area contributed by atoms with Gasteiger partial charge in [0.15, 0.2) is 0 Å². The van der Waals surface area contributed by atoms with E-state index >= 15 is 0 Å². The van der Waals surface area contributed by atoms with Crippen molar-refractivity contribution in [2.24, 2.45) is 0 Å². The van der Waals surface area contributed by atoms with Crippen molar-refractivity contribution in [3.05, 3.63) is 23.9 Å². The molecule has 0 spiro atoms. The van der Waals surface area contributed by atoms with Gasteiger partial charge < -0.3 is 4.42 Å². The molecule has 0 fully saturated rings. The van der Waals surface area contributed by atoms with Crippen LogP contribution < -0.4 is 0 Å². The van der Waals surface area contributed by atoms with Crippen molar-refractivity contribution in [1.29, 1.82) is 0 Å². The van der Waals surface area contributed by atoms with Crippen LogP contribution >= 0.6 is 11.8 Å². The van der Waals surface area contributed by atoms with Crippen LogP contribution in [0.1, 0.15) is 19.7 Å². The molecular weight excluding hydrogens is 158 g/mol. The molecule has 0 unspecified atom stereocenters. The third-order valence-electron chi connectivity index (χ3n) is 1.28. The van der Waals surface area contributed by atoms with E-state index in [9.17, 15) is 0 Å². The Morgan fingerprint density at radius 2 is 2.27 bits per heavy atom. The first-order chi connectivity index (χ1) is 5.25. The fourth-order valence-corrected chi connectivity index (χ4v) is 1.52. The zero-order valence-electron chi connectivity index (χ0n) is 6.92. The van der Waals surface area contributed by atoms with Crippen molar-refractivity contribution in [3.63, 3.8) is 0 Å². The van der Waals surface area contributed by atoms with Crippen LogP contribution in [0.15, 0.2) is 22.5 Å². The van der Waals surface area contributed by atoms with Crippen LogP contribution in [-0.4, -0.2) is 11.2 Å². The molecule has 0 N–H and O–H groups in total. The van der Waals surface area contributed by atoms with Crippen molar-refractivity contribution in [1.82, 2.24) is 4.98 Å². The Morgan fingerprint density at radius 1 is 1.55 bits per heavy atom. The third kappa shape index (κ3) is 1.87. The summed E-state index contributed by atoms with van der Waals surface area (Å²) in [5.74, 6) is 0.720. The maximum Gasteiger partial charge on any atom is 0.232 e. The smallest absolute Gasteiger partial charge is 0.232 e. The van der Waals surface area contributed by atoms with Crippen LogP contribution in [0.4, 0.5) is 0 Å². The molecule has 1 aromatic heterocycles. The molecule has 0 radical (unpaired) electrons. The maximum atomic E-state index is 5.16. The summed E-state index contributed by atoms with van der Waals surface area (Å²) in [5, 5.41) is 0. The minimum absolute atomic E-state index is 0.720. The summed E-state index contributed by atoms with van der Waals surface area (Å²) in [6, 6.07) is 0. The molecule has 0 atom stereocenters. The minimum atomic E-state index is 0.720. The van der Waals surface area contributed by atoms with Crippen molar-refractivity contribution in [2.75, 3.05) is 6.26 Å². The average molecular weight is 169 g/mol. The summed E-state index contributed by atoms with van der Waals surface area (Å²) in [6.45, 7) is 4.10. The highest BCUT2D eigenvalue weighted by Gasteiger charge is 2.05. The van der Waals surface area contributed by atoms with E-state index in [1.165, 1.54) is 5.57 Å². The van der Waals surface area contributed by atoms with E-state index < -0.39 is 0 Å². The van der Waals surface area contributed by atoms with Gasteiger partial charge in [0.25, 0.3) is 0 Å². The van der Waals surface area contributed by atoms with Gasteiger partial charge in [0.1, 0.15) is 6.26 Å². The normalized spacial score (nSPS) is 9.73. The molecule has 2 nitrogen and oxygen atoms in total. The second kappa shape index (κ2) is 3.62. The number of thioether (sulfide) groups is 1. The van der Waals surface area contributed by atoms with Gasteiger partial charge in [-0.1, -0.05) is 5.57 Å². The molecule has 0 bridgehead atoms. The molecule has 1 heterocycles. The second-order valence-electron chi connectivity index (χ2n) is 2.37. The number of rotatable bonds is 2. The highest BCUT2D eigenvalue weighted by atomic mass is 32.2. The van der Waals surface area contributed by atoms with E-state index in [1.807, 2.05) is 6.26 Å². The second-order valence-corrected chi connectivity index (χ2v) is 3.19. The van der Waals surface area contributed by atoms with Crippen molar-refractivity contribution >= 4 is 16.7 Å². The Morgan fingerprint density at radius 3 is 2.64 bits per heavy atom. The van der Waals surface area contributed by atoms with Crippen LogP contribution in [0.2, 0.25) is 0 Å². The van der Waals surface area contributed by atoms with Gasteiger partial charge in [-0.15, -0.1) is 11.8 Å². The topological polar surface area (TPSA) is 26.0 Å². The fraction of sp³-hybridized carbons (Fsp3) is 0.375. The molecule has 0 saturated carbocycles. The van der Waals surface area contributed by atoms with Crippen LogP contribution in [-0.2, 0) is 0 Å². The summed E-state index contributed by atoms with van der Waals surface area (Å²) in [6.07, 6.45) is 5.27. The van der Waals surface area contributed by atoms with Gasteiger partial charge in [-0.05, 0) is 20.1 Å². The zero-order chi connectivity index (χ0) is 8.27. The van der Waals surface area contributed by atoms with Crippen molar-refractivity contribution in [3.8, 4) is 0 Å².